The van der Waals surface area contributed by atoms with Crippen molar-refractivity contribution in [2.24, 2.45) is 7.05 Å². The number of hydrogen-bond donors (Lipinski definition) is 0. The first-order chi connectivity index (χ1) is 9.04. The first-order valence-corrected chi connectivity index (χ1v) is 7.13. The van der Waals surface area contributed by atoms with Gasteiger partial charge in [0.05, 0.1) is 11.1 Å². The summed E-state index contributed by atoms with van der Waals surface area (Å²) in [4.78, 5) is 0. The van der Waals surface area contributed by atoms with Crippen molar-refractivity contribution in [3.8, 4) is 0 Å². The minimum atomic E-state index is 0.0606. The Labute approximate surface area is 119 Å². The second kappa shape index (κ2) is 5.78. The molecule has 0 N–H and O–H groups in total. The first kappa shape index (κ1) is 14.1. The van der Waals surface area contributed by atoms with Crippen molar-refractivity contribution in [1.82, 2.24) is 19.6 Å². The second-order valence-electron chi connectivity index (χ2n) is 4.88. The fourth-order valence-electron chi connectivity index (χ4n) is 2.45. The molecule has 5 heteroatoms. The van der Waals surface area contributed by atoms with Gasteiger partial charge in [0.1, 0.15) is 0 Å². The highest BCUT2D eigenvalue weighted by Crippen LogP contribution is 2.29. The molecule has 1 unspecified atom stereocenters. The number of hydrogen-bond acceptors (Lipinski definition) is 2. The van der Waals surface area contributed by atoms with E-state index in [1.54, 1.807) is 0 Å². The van der Waals surface area contributed by atoms with Gasteiger partial charge in [0.15, 0.2) is 0 Å². The van der Waals surface area contributed by atoms with Crippen molar-refractivity contribution in [3.63, 3.8) is 0 Å². The van der Waals surface area contributed by atoms with Gasteiger partial charge in [-0.2, -0.15) is 10.2 Å². The van der Waals surface area contributed by atoms with Crippen LogP contribution in [-0.4, -0.2) is 19.6 Å². The van der Waals surface area contributed by atoms with Crippen LogP contribution in [0.5, 0.6) is 0 Å². The Morgan fingerprint density at radius 1 is 1.37 bits per heavy atom. The third kappa shape index (κ3) is 2.84. The normalized spacial score (nSPS) is 12.9. The van der Waals surface area contributed by atoms with E-state index in [1.807, 2.05) is 30.9 Å². The molecule has 19 heavy (non-hydrogen) atoms. The predicted molar refractivity (Wildman–Crippen MR) is 77.5 cm³/mol. The van der Waals surface area contributed by atoms with E-state index in [4.69, 9.17) is 11.6 Å². The lowest BCUT2D eigenvalue weighted by Crippen LogP contribution is -2.08. The number of aromatic nitrogens is 4. The third-order valence-corrected chi connectivity index (χ3v) is 4.14. The average Bonchev–Trinajstić information content (AvgIpc) is 2.90. The van der Waals surface area contributed by atoms with Gasteiger partial charge >= 0.3 is 0 Å². The van der Waals surface area contributed by atoms with Gasteiger partial charge in [-0.15, -0.1) is 11.6 Å². The highest BCUT2D eigenvalue weighted by atomic mass is 35.5. The van der Waals surface area contributed by atoms with Crippen LogP contribution in [0.1, 0.15) is 41.4 Å². The molecule has 0 fully saturated rings. The lowest BCUT2D eigenvalue weighted by atomic mass is 10.1. The lowest BCUT2D eigenvalue weighted by Gasteiger charge is -2.08. The molecule has 2 aromatic rings. The van der Waals surface area contributed by atoms with Crippen LogP contribution in [0, 0.1) is 13.8 Å². The Kier molecular flexibility index (Phi) is 4.30. The van der Waals surface area contributed by atoms with E-state index in [0.717, 1.165) is 25.1 Å². The summed E-state index contributed by atoms with van der Waals surface area (Å²) >= 11 is 6.37. The maximum absolute atomic E-state index is 6.37. The van der Waals surface area contributed by atoms with Crippen LogP contribution in [0.25, 0.3) is 0 Å². The summed E-state index contributed by atoms with van der Waals surface area (Å²) in [5.41, 5.74) is 4.63. The van der Waals surface area contributed by atoms with Crippen molar-refractivity contribution in [2.75, 3.05) is 0 Å². The summed E-state index contributed by atoms with van der Waals surface area (Å²) in [6.07, 6.45) is 3.68. The van der Waals surface area contributed by atoms with E-state index in [0.29, 0.717) is 0 Å². The summed E-state index contributed by atoms with van der Waals surface area (Å²) in [6, 6.07) is 2.04. The van der Waals surface area contributed by atoms with Gasteiger partial charge in [-0.05, 0) is 26.3 Å². The van der Waals surface area contributed by atoms with E-state index >= 15 is 0 Å². The van der Waals surface area contributed by atoms with Crippen molar-refractivity contribution >= 4 is 11.6 Å². The standard InChI is InChI=1S/C14H21ClN4/c1-5-13(15)14-10(2)17-19(11(14)3)9-7-12-6-8-16-18(12)4/h6,8,13H,5,7,9H2,1-4H3. The molecule has 0 aliphatic rings. The van der Waals surface area contributed by atoms with Gasteiger partial charge < -0.3 is 0 Å². The Morgan fingerprint density at radius 3 is 2.68 bits per heavy atom. The minimum Gasteiger partial charge on any atom is -0.273 e. The van der Waals surface area contributed by atoms with Gasteiger partial charge in [0.25, 0.3) is 0 Å². The zero-order valence-corrected chi connectivity index (χ0v) is 12.8. The third-order valence-electron chi connectivity index (χ3n) is 3.61. The zero-order valence-electron chi connectivity index (χ0n) is 12.0. The summed E-state index contributed by atoms with van der Waals surface area (Å²) in [7, 11) is 1.97. The number of nitrogens with zero attached hydrogens (tertiary/aromatic N) is 4. The van der Waals surface area contributed by atoms with Gasteiger partial charge in [-0.25, -0.2) is 0 Å². The number of aryl methyl sites for hydroxylation is 4. The Hall–Kier alpha value is -1.29. The molecule has 4 nitrogen and oxygen atoms in total. The van der Waals surface area contributed by atoms with Gasteiger partial charge in [0, 0.05) is 43.2 Å². The van der Waals surface area contributed by atoms with E-state index in [2.05, 4.69) is 28.7 Å². The number of halogens is 1. The van der Waals surface area contributed by atoms with Crippen LogP contribution in [0.15, 0.2) is 12.3 Å². The van der Waals surface area contributed by atoms with Crippen LogP contribution in [-0.2, 0) is 20.0 Å². The molecular weight excluding hydrogens is 260 g/mol. The molecule has 104 valence electrons. The monoisotopic (exact) mass is 280 g/mol. The minimum absolute atomic E-state index is 0.0606. The van der Waals surface area contributed by atoms with E-state index in [9.17, 15) is 0 Å². The van der Waals surface area contributed by atoms with Gasteiger partial charge in [-0.3, -0.25) is 9.36 Å². The Bertz CT molecular complexity index is 556. The van der Waals surface area contributed by atoms with Crippen LogP contribution in [0.4, 0.5) is 0 Å². The van der Waals surface area contributed by atoms with Crippen molar-refractivity contribution < 1.29 is 0 Å². The predicted octanol–water partition coefficient (Wildman–Crippen LogP) is 3.17. The van der Waals surface area contributed by atoms with Crippen LogP contribution in [0.3, 0.4) is 0 Å². The molecule has 0 amide bonds. The second-order valence-corrected chi connectivity index (χ2v) is 5.41. The van der Waals surface area contributed by atoms with Crippen molar-refractivity contribution in [1.29, 1.82) is 0 Å². The molecule has 0 aliphatic carbocycles. The quantitative estimate of drug-likeness (QED) is 0.789. The first-order valence-electron chi connectivity index (χ1n) is 6.69. The molecule has 0 bridgehead atoms. The highest BCUT2D eigenvalue weighted by molar-refractivity contribution is 6.20. The molecule has 0 aromatic carbocycles. The smallest absolute Gasteiger partial charge is 0.0643 e. The molecule has 2 aromatic heterocycles. The average molecular weight is 281 g/mol. The van der Waals surface area contributed by atoms with Gasteiger partial charge in [-0.1, -0.05) is 6.92 Å². The van der Waals surface area contributed by atoms with Crippen LogP contribution in [0.2, 0.25) is 0 Å². The summed E-state index contributed by atoms with van der Waals surface area (Å²) in [5, 5.41) is 8.85. The number of rotatable bonds is 5. The molecule has 2 rings (SSSR count). The molecule has 0 radical (unpaired) electrons. The summed E-state index contributed by atoms with van der Waals surface area (Å²) in [6.45, 7) is 7.10. The van der Waals surface area contributed by atoms with E-state index in [1.165, 1.54) is 17.0 Å². The van der Waals surface area contributed by atoms with Crippen molar-refractivity contribution in [2.45, 2.75) is 45.5 Å². The highest BCUT2D eigenvalue weighted by Gasteiger charge is 2.17. The maximum atomic E-state index is 6.37. The molecular formula is C14H21ClN4. The van der Waals surface area contributed by atoms with Crippen LogP contribution >= 0.6 is 11.6 Å². The largest absolute Gasteiger partial charge is 0.273 e. The fourth-order valence-corrected chi connectivity index (χ4v) is 2.77. The maximum Gasteiger partial charge on any atom is 0.0643 e. The Balaban J connectivity index is 2.16. The van der Waals surface area contributed by atoms with Crippen LogP contribution < -0.4 is 0 Å². The molecule has 0 saturated heterocycles. The SMILES string of the molecule is CCC(Cl)c1c(C)nn(CCc2ccnn2C)c1C. The van der Waals surface area contributed by atoms with Crippen molar-refractivity contribution in [3.05, 3.63) is 34.9 Å². The Morgan fingerprint density at radius 2 is 2.11 bits per heavy atom. The summed E-state index contributed by atoms with van der Waals surface area (Å²) < 4.78 is 3.96. The number of alkyl halides is 1. The topological polar surface area (TPSA) is 35.6 Å². The molecule has 0 spiro atoms. The molecule has 0 saturated carbocycles. The zero-order chi connectivity index (χ0) is 14.0. The molecule has 0 aliphatic heterocycles. The van der Waals surface area contributed by atoms with Gasteiger partial charge in [0.2, 0.25) is 0 Å². The van der Waals surface area contributed by atoms with E-state index in [-0.39, 0.29) is 5.38 Å². The fraction of sp³-hybridized carbons (Fsp3) is 0.571. The molecule has 2 heterocycles. The lowest BCUT2D eigenvalue weighted by molar-refractivity contribution is 0.570. The molecule has 1 atom stereocenters. The van der Waals surface area contributed by atoms with E-state index < -0.39 is 0 Å². The summed E-state index contributed by atoms with van der Waals surface area (Å²) in [5.74, 6) is 0.